The van der Waals surface area contributed by atoms with Crippen LogP contribution >= 0.6 is 0 Å². The van der Waals surface area contributed by atoms with Crippen molar-refractivity contribution in [2.45, 2.75) is 6.10 Å². The number of aryl methyl sites for hydroxylation is 1. The second-order valence-corrected chi connectivity index (χ2v) is 6.72. The van der Waals surface area contributed by atoms with Gasteiger partial charge in [-0.1, -0.05) is 30.3 Å². The monoisotopic (exact) mass is 400 g/mol. The third kappa shape index (κ3) is 3.80. The molecule has 0 aliphatic rings. The van der Waals surface area contributed by atoms with Gasteiger partial charge in [0.2, 0.25) is 5.88 Å². The smallest absolute Gasteiger partial charge is 0.218 e. The zero-order chi connectivity index (χ0) is 21.1. The molecule has 4 rings (SSSR count). The number of nitrogens with zero attached hydrogens (tertiary/aromatic N) is 5. The van der Waals surface area contributed by atoms with Crippen molar-refractivity contribution in [3.8, 4) is 34.6 Å². The topological polar surface area (TPSA) is 115 Å². The summed E-state index contributed by atoms with van der Waals surface area (Å²) < 4.78 is 9.36. The Hall–Kier alpha value is -3.93. The van der Waals surface area contributed by atoms with Crippen molar-refractivity contribution in [1.29, 1.82) is 5.26 Å². The van der Waals surface area contributed by atoms with Crippen LogP contribution in [0.2, 0.25) is 0 Å². The average Bonchev–Trinajstić information content (AvgIpc) is 3.41. The third-order valence-corrected chi connectivity index (χ3v) is 4.67. The average molecular weight is 400 g/mol. The zero-order valence-corrected chi connectivity index (χ0v) is 16.3. The summed E-state index contributed by atoms with van der Waals surface area (Å²) in [6.07, 6.45) is 2.44. The molecule has 150 valence electrons. The molecule has 1 atom stereocenters. The van der Waals surface area contributed by atoms with Crippen molar-refractivity contribution >= 4 is 0 Å². The molecule has 0 aliphatic heterocycles. The predicted octanol–water partition coefficient (Wildman–Crippen LogP) is 2.93. The van der Waals surface area contributed by atoms with E-state index in [0.717, 1.165) is 11.3 Å². The SMILES string of the molecule is Cn1nc(-c2ccccc2)cc1Oc1cc(C#N)ccc1-n1cc(C(O)CN)cn1. The fourth-order valence-electron chi connectivity index (χ4n) is 3.04. The van der Waals surface area contributed by atoms with Crippen molar-refractivity contribution in [1.82, 2.24) is 19.6 Å². The van der Waals surface area contributed by atoms with Crippen LogP contribution in [0.4, 0.5) is 0 Å². The van der Waals surface area contributed by atoms with Crippen molar-refractivity contribution < 1.29 is 9.84 Å². The molecule has 3 N–H and O–H groups in total. The molecule has 0 fully saturated rings. The van der Waals surface area contributed by atoms with Crippen LogP contribution in [0, 0.1) is 11.3 Å². The molecule has 0 bridgehead atoms. The molecule has 0 amide bonds. The van der Waals surface area contributed by atoms with E-state index in [9.17, 15) is 10.4 Å². The third-order valence-electron chi connectivity index (χ3n) is 4.67. The lowest BCUT2D eigenvalue weighted by molar-refractivity contribution is 0.186. The predicted molar refractivity (Wildman–Crippen MR) is 111 cm³/mol. The van der Waals surface area contributed by atoms with Crippen LogP contribution in [0.3, 0.4) is 0 Å². The fourth-order valence-corrected chi connectivity index (χ4v) is 3.04. The van der Waals surface area contributed by atoms with Gasteiger partial charge in [-0.3, -0.25) is 0 Å². The number of ether oxygens (including phenoxy) is 1. The summed E-state index contributed by atoms with van der Waals surface area (Å²) >= 11 is 0. The lowest BCUT2D eigenvalue weighted by Gasteiger charge is -2.11. The van der Waals surface area contributed by atoms with E-state index < -0.39 is 6.10 Å². The summed E-state index contributed by atoms with van der Waals surface area (Å²) in [4.78, 5) is 0. The van der Waals surface area contributed by atoms with E-state index in [-0.39, 0.29) is 6.54 Å². The van der Waals surface area contributed by atoms with Gasteiger partial charge in [-0.15, -0.1) is 0 Å². The van der Waals surface area contributed by atoms with Gasteiger partial charge in [0.1, 0.15) is 5.69 Å². The molecular weight excluding hydrogens is 380 g/mol. The van der Waals surface area contributed by atoms with Gasteiger partial charge >= 0.3 is 0 Å². The number of hydrogen-bond donors (Lipinski definition) is 2. The molecule has 8 nitrogen and oxygen atoms in total. The van der Waals surface area contributed by atoms with Crippen LogP contribution in [0.5, 0.6) is 11.6 Å². The highest BCUT2D eigenvalue weighted by Gasteiger charge is 2.16. The van der Waals surface area contributed by atoms with Gasteiger partial charge in [-0.2, -0.15) is 15.5 Å². The standard InChI is InChI=1S/C22H20N6O2/c1-27-22(10-18(26-27)16-5-3-2-4-6-16)30-21-9-15(11-23)7-8-19(21)28-14-17(13-25-28)20(29)12-24/h2-10,13-14,20,29H,12,24H2,1H3. The summed E-state index contributed by atoms with van der Waals surface area (Å²) in [6.45, 7) is 0.0969. The number of hydrogen-bond acceptors (Lipinski definition) is 6. The highest BCUT2D eigenvalue weighted by atomic mass is 16.5. The number of aliphatic hydroxyl groups is 1. The maximum Gasteiger partial charge on any atom is 0.218 e. The number of benzene rings is 2. The van der Waals surface area contributed by atoms with E-state index in [2.05, 4.69) is 16.3 Å². The van der Waals surface area contributed by atoms with Gasteiger partial charge in [0, 0.05) is 43.0 Å². The Bertz CT molecular complexity index is 1210. The molecule has 2 aromatic heterocycles. The number of rotatable bonds is 6. The Labute approximate surface area is 173 Å². The van der Waals surface area contributed by atoms with Crippen LogP contribution in [0.1, 0.15) is 17.2 Å². The molecule has 4 aromatic rings. The molecule has 1 unspecified atom stereocenters. The lowest BCUT2D eigenvalue weighted by atomic mass is 10.1. The van der Waals surface area contributed by atoms with Gasteiger partial charge in [-0.25, -0.2) is 9.36 Å². The van der Waals surface area contributed by atoms with Crippen molar-refractivity contribution in [3.63, 3.8) is 0 Å². The van der Waals surface area contributed by atoms with Gasteiger partial charge in [-0.05, 0) is 12.1 Å². The molecule has 0 aliphatic carbocycles. The molecule has 30 heavy (non-hydrogen) atoms. The Morgan fingerprint density at radius 1 is 1.20 bits per heavy atom. The Kier molecular flexibility index (Phi) is 5.30. The number of aromatic nitrogens is 4. The summed E-state index contributed by atoms with van der Waals surface area (Å²) in [5, 5.41) is 28.1. The summed E-state index contributed by atoms with van der Waals surface area (Å²) in [5.41, 5.74) is 8.95. The number of aliphatic hydroxyl groups excluding tert-OH is 1. The first-order valence-corrected chi connectivity index (χ1v) is 9.33. The first-order chi connectivity index (χ1) is 14.6. The van der Waals surface area contributed by atoms with Crippen molar-refractivity contribution in [3.05, 3.63) is 78.1 Å². The molecule has 2 heterocycles. The maximum atomic E-state index is 9.96. The maximum absolute atomic E-state index is 9.96. The van der Waals surface area contributed by atoms with Gasteiger partial charge in [0.05, 0.1) is 29.6 Å². The van der Waals surface area contributed by atoms with E-state index in [1.807, 2.05) is 36.4 Å². The van der Waals surface area contributed by atoms with Crippen LogP contribution in [0.25, 0.3) is 16.9 Å². The Balaban J connectivity index is 1.72. The Morgan fingerprint density at radius 3 is 2.73 bits per heavy atom. The minimum Gasteiger partial charge on any atom is -0.437 e. The van der Waals surface area contributed by atoms with Crippen LogP contribution in [0.15, 0.2) is 67.0 Å². The largest absolute Gasteiger partial charge is 0.437 e. The summed E-state index contributed by atoms with van der Waals surface area (Å²) in [6, 6.07) is 18.8. The molecular formula is C22H20N6O2. The van der Waals surface area contributed by atoms with Gasteiger partial charge < -0.3 is 15.6 Å². The minimum atomic E-state index is -0.799. The second kappa shape index (κ2) is 8.21. The fraction of sp³-hybridized carbons (Fsp3) is 0.136. The van der Waals surface area contributed by atoms with Crippen molar-refractivity contribution in [2.24, 2.45) is 12.8 Å². The molecule has 0 saturated carbocycles. The Morgan fingerprint density at radius 2 is 2.00 bits per heavy atom. The van der Waals surface area contributed by atoms with E-state index in [1.54, 1.807) is 47.0 Å². The second-order valence-electron chi connectivity index (χ2n) is 6.72. The lowest BCUT2D eigenvalue weighted by Crippen LogP contribution is -2.10. The van der Waals surface area contributed by atoms with Gasteiger partial charge in [0.25, 0.3) is 0 Å². The summed E-state index contributed by atoms with van der Waals surface area (Å²) in [5.74, 6) is 0.952. The number of nitrogens with two attached hydrogens (primary N) is 1. The normalized spacial score (nSPS) is 11.8. The highest BCUT2D eigenvalue weighted by molar-refractivity contribution is 5.60. The van der Waals surface area contributed by atoms with E-state index in [0.29, 0.717) is 28.4 Å². The first-order valence-electron chi connectivity index (χ1n) is 9.33. The molecule has 0 radical (unpaired) electrons. The first kappa shape index (κ1) is 19.4. The molecule has 8 heteroatoms. The van der Waals surface area contributed by atoms with Crippen LogP contribution in [-0.4, -0.2) is 31.2 Å². The highest BCUT2D eigenvalue weighted by Crippen LogP contribution is 2.31. The molecule has 2 aromatic carbocycles. The van der Waals surface area contributed by atoms with Crippen LogP contribution < -0.4 is 10.5 Å². The van der Waals surface area contributed by atoms with Gasteiger partial charge in [0.15, 0.2) is 5.75 Å². The molecule has 0 spiro atoms. The van der Waals surface area contributed by atoms with E-state index >= 15 is 0 Å². The van der Waals surface area contributed by atoms with E-state index in [1.165, 1.54) is 0 Å². The van der Waals surface area contributed by atoms with Crippen molar-refractivity contribution in [2.75, 3.05) is 6.54 Å². The van der Waals surface area contributed by atoms with E-state index in [4.69, 9.17) is 10.5 Å². The van der Waals surface area contributed by atoms with Crippen LogP contribution in [-0.2, 0) is 7.05 Å². The summed E-state index contributed by atoms with van der Waals surface area (Å²) in [7, 11) is 1.79. The number of nitriles is 1. The minimum absolute atomic E-state index is 0.0969. The molecule has 0 saturated heterocycles. The quantitative estimate of drug-likeness (QED) is 0.514. The zero-order valence-electron chi connectivity index (χ0n) is 16.3.